The van der Waals surface area contributed by atoms with Crippen LogP contribution < -0.4 is 15.3 Å². The maximum atomic E-state index is 13.3. The van der Waals surface area contributed by atoms with Gasteiger partial charge in [0, 0.05) is 19.6 Å². The van der Waals surface area contributed by atoms with Gasteiger partial charge in [-0.1, -0.05) is 25.0 Å². The van der Waals surface area contributed by atoms with Gasteiger partial charge in [0.1, 0.15) is 11.8 Å². The zero-order valence-electron chi connectivity index (χ0n) is 19.9. The second-order valence-electron chi connectivity index (χ2n) is 9.24. The molecular weight excluding hydrogens is 471 g/mol. The minimum absolute atomic E-state index is 0.0289. The second kappa shape index (κ2) is 10.6. The lowest BCUT2D eigenvalue weighted by Crippen LogP contribution is -2.63. The maximum absolute atomic E-state index is 13.3. The standard InChI is InChI=1S/C23H29BN4O8/c1-2-27-10-11-28(21(31)20(27)30)23(34)26-17(13-6-3-4-7-13)19(29)25-16-12-14-8-5-9-15(22(32)33)18(14)36-24(16)35/h5,8-9,13,16-17,35H,2-4,6-7,10-12H2,1H3,(H,25,29)(H,26,34)(H,32,33)/t16-,17+/m0/s1. The minimum Gasteiger partial charge on any atom is -0.534 e. The largest absolute Gasteiger partial charge is 0.547 e. The Kier molecular flexibility index (Phi) is 7.48. The van der Waals surface area contributed by atoms with Crippen LogP contribution in [0.1, 0.15) is 48.5 Å². The Hall–Kier alpha value is -3.61. The van der Waals surface area contributed by atoms with Crippen molar-refractivity contribution in [3.8, 4) is 5.75 Å². The molecular formula is C23H29BN4O8. The van der Waals surface area contributed by atoms with Crippen LogP contribution in [0.5, 0.6) is 5.75 Å². The van der Waals surface area contributed by atoms with Gasteiger partial charge in [-0.2, -0.15) is 0 Å². The third kappa shape index (κ3) is 5.01. The van der Waals surface area contributed by atoms with E-state index in [2.05, 4.69) is 10.6 Å². The quantitative estimate of drug-likeness (QED) is 0.308. The van der Waals surface area contributed by atoms with Crippen molar-refractivity contribution in [3.63, 3.8) is 0 Å². The Morgan fingerprint density at radius 1 is 1.17 bits per heavy atom. The maximum Gasteiger partial charge on any atom is 0.547 e. The molecule has 2 fully saturated rings. The molecule has 1 saturated carbocycles. The number of fused-ring (bicyclic) bond motifs is 1. The van der Waals surface area contributed by atoms with Gasteiger partial charge in [0.25, 0.3) is 0 Å². The molecule has 192 valence electrons. The van der Waals surface area contributed by atoms with Crippen LogP contribution in [0.25, 0.3) is 0 Å². The van der Waals surface area contributed by atoms with Crippen molar-refractivity contribution in [3.05, 3.63) is 29.3 Å². The molecule has 12 nitrogen and oxygen atoms in total. The summed E-state index contributed by atoms with van der Waals surface area (Å²) in [6.45, 7) is 2.35. The average molecular weight is 500 g/mol. The van der Waals surface area contributed by atoms with Crippen LogP contribution in [-0.2, 0) is 20.8 Å². The highest BCUT2D eigenvalue weighted by molar-refractivity contribution is 6.47. The Labute approximate surface area is 208 Å². The number of piperazine rings is 1. The van der Waals surface area contributed by atoms with Gasteiger partial charge in [-0.3, -0.25) is 19.3 Å². The van der Waals surface area contributed by atoms with Crippen LogP contribution in [0.3, 0.4) is 0 Å². The van der Waals surface area contributed by atoms with Crippen LogP contribution in [0.2, 0.25) is 0 Å². The van der Waals surface area contributed by atoms with Crippen molar-refractivity contribution in [1.29, 1.82) is 0 Å². The highest BCUT2D eigenvalue weighted by Gasteiger charge is 2.42. The van der Waals surface area contributed by atoms with E-state index in [9.17, 15) is 34.1 Å². The summed E-state index contributed by atoms with van der Waals surface area (Å²) in [4.78, 5) is 64.6. The first-order valence-electron chi connectivity index (χ1n) is 12.1. The minimum atomic E-state index is -1.50. The molecule has 1 aliphatic carbocycles. The molecule has 1 aromatic carbocycles. The fourth-order valence-corrected chi connectivity index (χ4v) is 5.06. The number of nitrogens with one attached hydrogen (secondary N) is 2. The van der Waals surface area contributed by atoms with Gasteiger partial charge >= 0.3 is 30.9 Å². The first-order chi connectivity index (χ1) is 17.2. The summed E-state index contributed by atoms with van der Waals surface area (Å²) < 4.78 is 5.44. The highest BCUT2D eigenvalue weighted by atomic mass is 16.5. The number of imide groups is 1. The van der Waals surface area contributed by atoms with E-state index in [0.29, 0.717) is 24.9 Å². The number of amides is 5. The average Bonchev–Trinajstić information content (AvgIpc) is 3.38. The first-order valence-corrected chi connectivity index (χ1v) is 12.1. The van der Waals surface area contributed by atoms with Gasteiger partial charge in [0.15, 0.2) is 0 Å². The van der Waals surface area contributed by atoms with Gasteiger partial charge in [0.2, 0.25) is 5.91 Å². The molecule has 2 atom stereocenters. The number of aromatic carboxylic acids is 1. The zero-order valence-corrected chi connectivity index (χ0v) is 19.9. The SMILES string of the molecule is CCN1CCN(C(=O)N[C@@H](C(=O)N[C@H]2Cc3cccc(C(=O)O)c3OB2O)C2CCCC2)C(=O)C1=O. The van der Waals surface area contributed by atoms with Crippen LogP contribution in [0.15, 0.2) is 18.2 Å². The van der Waals surface area contributed by atoms with Crippen molar-refractivity contribution < 1.29 is 38.8 Å². The first kappa shape index (κ1) is 25.5. The van der Waals surface area contributed by atoms with Crippen molar-refractivity contribution in [2.45, 2.75) is 51.0 Å². The number of carboxylic acid groups (broad SMARTS) is 1. The van der Waals surface area contributed by atoms with Gasteiger partial charge in [0.05, 0.1) is 11.5 Å². The normalized spacial score (nSPS) is 21.1. The molecule has 1 saturated heterocycles. The van der Waals surface area contributed by atoms with Gasteiger partial charge in [-0.25, -0.2) is 9.59 Å². The number of urea groups is 1. The van der Waals surface area contributed by atoms with E-state index in [4.69, 9.17) is 4.65 Å². The van der Waals surface area contributed by atoms with Gasteiger partial charge in [-0.15, -0.1) is 0 Å². The lowest BCUT2D eigenvalue weighted by atomic mass is 9.72. The highest BCUT2D eigenvalue weighted by Crippen LogP contribution is 2.31. The molecule has 0 bridgehead atoms. The molecule has 0 unspecified atom stereocenters. The van der Waals surface area contributed by atoms with E-state index in [1.54, 1.807) is 19.1 Å². The molecule has 36 heavy (non-hydrogen) atoms. The van der Waals surface area contributed by atoms with Crippen molar-refractivity contribution >= 4 is 36.8 Å². The lowest BCUT2D eigenvalue weighted by Gasteiger charge is -2.34. The number of nitrogens with zero attached hydrogens (tertiary/aromatic N) is 2. The molecule has 3 aliphatic rings. The van der Waals surface area contributed by atoms with E-state index in [1.807, 2.05) is 0 Å². The predicted molar refractivity (Wildman–Crippen MR) is 126 cm³/mol. The van der Waals surface area contributed by atoms with Crippen LogP contribution in [0.4, 0.5) is 4.79 Å². The lowest BCUT2D eigenvalue weighted by molar-refractivity contribution is -0.153. The number of carbonyl (C=O) groups is 5. The van der Waals surface area contributed by atoms with Crippen molar-refractivity contribution in [2.24, 2.45) is 5.92 Å². The van der Waals surface area contributed by atoms with Crippen molar-refractivity contribution in [1.82, 2.24) is 20.4 Å². The van der Waals surface area contributed by atoms with E-state index in [0.717, 1.165) is 17.7 Å². The summed E-state index contributed by atoms with van der Waals surface area (Å²) in [6.07, 6.45) is 3.29. The smallest absolute Gasteiger partial charge is 0.534 e. The number of rotatable bonds is 6. The summed E-state index contributed by atoms with van der Waals surface area (Å²) in [5.74, 6) is -4.45. The zero-order chi connectivity index (χ0) is 26.0. The Morgan fingerprint density at radius 3 is 2.56 bits per heavy atom. The fraction of sp³-hybridized carbons (Fsp3) is 0.522. The Balaban J connectivity index is 1.47. The monoisotopic (exact) mass is 500 g/mol. The summed E-state index contributed by atoms with van der Waals surface area (Å²) >= 11 is 0. The predicted octanol–water partition coefficient (Wildman–Crippen LogP) is -0.217. The van der Waals surface area contributed by atoms with Crippen LogP contribution in [-0.4, -0.2) is 88.4 Å². The number of hydrogen-bond acceptors (Lipinski definition) is 7. The summed E-state index contributed by atoms with van der Waals surface area (Å²) in [7, 11) is -1.50. The van der Waals surface area contributed by atoms with E-state index >= 15 is 0 Å². The van der Waals surface area contributed by atoms with E-state index in [1.165, 1.54) is 11.0 Å². The summed E-state index contributed by atoms with van der Waals surface area (Å²) in [6, 6.07) is 2.78. The molecule has 4 rings (SSSR count). The summed E-state index contributed by atoms with van der Waals surface area (Å²) in [5, 5.41) is 25.2. The third-order valence-electron chi connectivity index (χ3n) is 7.05. The Bertz CT molecular complexity index is 1080. The third-order valence-corrected chi connectivity index (χ3v) is 7.05. The molecule has 0 aromatic heterocycles. The molecule has 2 heterocycles. The number of likely N-dealkylation sites (N-methyl/N-ethyl adjacent to an activating group) is 1. The molecule has 0 radical (unpaired) electrons. The molecule has 0 spiro atoms. The van der Waals surface area contributed by atoms with Gasteiger partial charge < -0.3 is 30.3 Å². The molecule has 4 N–H and O–H groups in total. The van der Waals surface area contributed by atoms with E-state index in [-0.39, 0.29) is 36.7 Å². The number of benzene rings is 1. The Morgan fingerprint density at radius 2 is 1.89 bits per heavy atom. The molecule has 1 aromatic rings. The number of hydrogen-bond donors (Lipinski definition) is 4. The topological polar surface area (TPSA) is 166 Å². The fourth-order valence-electron chi connectivity index (χ4n) is 5.06. The number of carboxylic acids is 1. The van der Waals surface area contributed by atoms with E-state index < -0.39 is 48.8 Å². The molecule has 2 aliphatic heterocycles. The molecule has 5 amide bonds. The second-order valence-corrected chi connectivity index (χ2v) is 9.24. The molecule has 13 heteroatoms. The number of para-hydroxylation sites is 1. The van der Waals surface area contributed by atoms with Gasteiger partial charge in [-0.05, 0) is 43.7 Å². The van der Waals surface area contributed by atoms with Crippen LogP contribution in [0, 0.1) is 5.92 Å². The summed E-state index contributed by atoms with van der Waals surface area (Å²) in [5.41, 5.74) is 0.430. The van der Waals surface area contributed by atoms with Crippen molar-refractivity contribution in [2.75, 3.05) is 19.6 Å². The number of carbonyl (C=O) groups excluding carboxylic acids is 4. The van der Waals surface area contributed by atoms with Crippen LogP contribution >= 0.6 is 0 Å².